The Morgan fingerprint density at radius 2 is 1.89 bits per heavy atom. The lowest BCUT2D eigenvalue weighted by atomic mass is 10.1. The van der Waals surface area contributed by atoms with Crippen LogP contribution in [0.25, 0.3) is 10.8 Å². The fraction of sp³-hybridized carbons (Fsp3) is 0.182. The molecule has 0 radical (unpaired) electrons. The van der Waals surface area contributed by atoms with Gasteiger partial charge in [-0.15, -0.1) is 0 Å². The van der Waals surface area contributed by atoms with Crippen LogP contribution in [0.15, 0.2) is 54.6 Å². The third-order valence-corrected chi connectivity index (χ3v) is 4.59. The summed E-state index contributed by atoms with van der Waals surface area (Å²) in [6, 6.07) is 19.0. The molecule has 0 aliphatic heterocycles. The summed E-state index contributed by atoms with van der Waals surface area (Å²) >= 11 is 5.96. The number of amides is 1. The molecule has 0 spiro atoms. The van der Waals surface area contributed by atoms with Crippen LogP contribution in [-0.4, -0.2) is 31.5 Å². The number of halogens is 1. The van der Waals surface area contributed by atoms with Gasteiger partial charge in [0.1, 0.15) is 11.8 Å². The molecule has 6 heteroatoms. The molecular formula is C22H20ClN3O2. The van der Waals surface area contributed by atoms with E-state index in [1.54, 1.807) is 25.3 Å². The van der Waals surface area contributed by atoms with Crippen molar-refractivity contribution in [2.45, 2.75) is 6.54 Å². The van der Waals surface area contributed by atoms with Gasteiger partial charge in [-0.05, 0) is 59.8 Å². The number of rotatable bonds is 6. The van der Waals surface area contributed by atoms with E-state index in [0.29, 0.717) is 22.8 Å². The van der Waals surface area contributed by atoms with Crippen molar-refractivity contribution in [2.24, 2.45) is 0 Å². The fourth-order valence-electron chi connectivity index (χ4n) is 3.02. The Morgan fingerprint density at radius 3 is 2.64 bits per heavy atom. The number of hydrogen-bond acceptors (Lipinski definition) is 4. The van der Waals surface area contributed by atoms with E-state index in [-0.39, 0.29) is 12.5 Å². The Kier molecular flexibility index (Phi) is 6.15. The quantitative estimate of drug-likeness (QED) is 0.672. The van der Waals surface area contributed by atoms with Crippen LogP contribution in [-0.2, 0) is 11.3 Å². The zero-order valence-electron chi connectivity index (χ0n) is 15.7. The summed E-state index contributed by atoms with van der Waals surface area (Å²) in [7, 11) is 3.53. The summed E-state index contributed by atoms with van der Waals surface area (Å²) in [5.41, 5.74) is 1.91. The largest absolute Gasteiger partial charge is 0.497 e. The molecule has 1 amide bonds. The van der Waals surface area contributed by atoms with Gasteiger partial charge < -0.3 is 10.1 Å². The first kappa shape index (κ1) is 19.7. The van der Waals surface area contributed by atoms with Crippen molar-refractivity contribution in [2.75, 3.05) is 26.0 Å². The number of likely N-dealkylation sites (N-methyl/N-ethyl adjacent to an activating group) is 1. The van der Waals surface area contributed by atoms with Crippen LogP contribution in [0.3, 0.4) is 0 Å². The second-order valence-corrected chi connectivity index (χ2v) is 7.01. The highest BCUT2D eigenvalue weighted by atomic mass is 35.5. The number of benzene rings is 3. The summed E-state index contributed by atoms with van der Waals surface area (Å²) in [6.45, 7) is 0.814. The zero-order valence-corrected chi connectivity index (χ0v) is 16.5. The number of nitrogens with zero attached hydrogens (tertiary/aromatic N) is 2. The summed E-state index contributed by atoms with van der Waals surface area (Å²) in [6.07, 6.45) is 0. The molecule has 0 bridgehead atoms. The van der Waals surface area contributed by atoms with Gasteiger partial charge in [-0.2, -0.15) is 5.26 Å². The van der Waals surface area contributed by atoms with E-state index in [1.807, 2.05) is 42.3 Å². The van der Waals surface area contributed by atoms with Crippen LogP contribution in [0.1, 0.15) is 11.1 Å². The summed E-state index contributed by atoms with van der Waals surface area (Å²) in [5, 5.41) is 14.6. The van der Waals surface area contributed by atoms with Crippen LogP contribution in [0.2, 0.25) is 5.02 Å². The lowest BCUT2D eigenvalue weighted by molar-refractivity contribution is -0.117. The van der Waals surface area contributed by atoms with E-state index in [9.17, 15) is 4.79 Å². The molecule has 0 heterocycles. The number of carbonyl (C=O) groups is 1. The van der Waals surface area contributed by atoms with Gasteiger partial charge in [-0.25, -0.2) is 0 Å². The molecule has 142 valence electrons. The summed E-state index contributed by atoms with van der Waals surface area (Å²) in [5.74, 6) is 0.624. The molecule has 0 saturated carbocycles. The second-order valence-electron chi connectivity index (χ2n) is 6.57. The highest BCUT2D eigenvalue weighted by Crippen LogP contribution is 2.23. The Balaban J connectivity index is 1.64. The lowest BCUT2D eigenvalue weighted by Gasteiger charge is -2.17. The van der Waals surface area contributed by atoms with Crippen LogP contribution in [0.5, 0.6) is 5.75 Å². The van der Waals surface area contributed by atoms with Crippen molar-refractivity contribution in [3.8, 4) is 11.8 Å². The van der Waals surface area contributed by atoms with Gasteiger partial charge in [-0.3, -0.25) is 9.69 Å². The van der Waals surface area contributed by atoms with E-state index < -0.39 is 0 Å². The number of methoxy groups -OCH3 is 1. The Hall–Kier alpha value is -3.07. The third kappa shape index (κ3) is 4.80. The maximum atomic E-state index is 12.4. The molecule has 0 aliphatic carbocycles. The first-order valence-corrected chi connectivity index (χ1v) is 9.11. The highest BCUT2D eigenvalue weighted by molar-refractivity contribution is 6.31. The van der Waals surface area contributed by atoms with Crippen LogP contribution in [0, 0.1) is 11.3 Å². The van der Waals surface area contributed by atoms with Crippen LogP contribution >= 0.6 is 11.6 Å². The van der Waals surface area contributed by atoms with Crippen LogP contribution in [0.4, 0.5) is 5.69 Å². The van der Waals surface area contributed by atoms with Crippen molar-refractivity contribution in [3.63, 3.8) is 0 Å². The van der Waals surface area contributed by atoms with Gasteiger partial charge >= 0.3 is 0 Å². The standard InChI is InChI=1S/C22H20ClN3O2/c1-26(14-22(27)25-21-11-19(23)7-5-18(21)12-24)13-15-3-4-17-10-20(28-2)8-6-16(17)9-15/h3-11H,13-14H2,1-2H3,(H,25,27). The minimum Gasteiger partial charge on any atom is -0.497 e. The van der Waals surface area contributed by atoms with Gasteiger partial charge in [0.25, 0.3) is 0 Å². The molecule has 0 aromatic heterocycles. The normalized spacial score (nSPS) is 10.7. The molecule has 0 unspecified atom stereocenters. The number of hydrogen-bond donors (Lipinski definition) is 1. The monoisotopic (exact) mass is 393 g/mol. The molecule has 3 rings (SSSR count). The first-order valence-electron chi connectivity index (χ1n) is 8.73. The molecular weight excluding hydrogens is 374 g/mol. The first-order chi connectivity index (χ1) is 13.5. The average molecular weight is 394 g/mol. The second kappa shape index (κ2) is 8.75. The topological polar surface area (TPSA) is 65.4 Å². The SMILES string of the molecule is COc1ccc2cc(CN(C)CC(=O)Nc3cc(Cl)ccc3C#N)ccc2c1. The van der Waals surface area contributed by atoms with Crippen molar-refractivity contribution in [3.05, 3.63) is 70.7 Å². The Bertz CT molecular complexity index is 1060. The number of fused-ring (bicyclic) bond motifs is 1. The van der Waals surface area contributed by atoms with E-state index in [1.165, 1.54) is 0 Å². The molecule has 0 fully saturated rings. The molecule has 5 nitrogen and oxygen atoms in total. The van der Waals surface area contributed by atoms with Gasteiger partial charge in [0.15, 0.2) is 0 Å². The number of anilines is 1. The summed E-state index contributed by atoms with van der Waals surface area (Å²) in [4.78, 5) is 14.3. The van der Waals surface area contributed by atoms with Crippen molar-refractivity contribution in [1.82, 2.24) is 4.90 Å². The van der Waals surface area contributed by atoms with E-state index in [0.717, 1.165) is 22.1 Å². The number of carbonyl (C=O) groups excluding carboxylic acids is 1. The maximum Gasteiger partial charge on any atom is 0.238 e. The molecule has 28 heavy (non-hydrogen) atoms. The lowest BCUT2D eigenvalue weighted by Crippen LogP contribution is -2.30. The molecule has 0 saturated heterocycles. The van der Waals surface area contributed by atoms with Crippen LogP contribution < -0.4 is 10.1 Å². The summed E-state index contributed by atoms with van der Waals surface area (Å²) < 4.78 is 5.25. The predicted octanol–water partition coefficient (Wildman–Crippen LogP) is 4.44. The number of nitriles is 1. The predicted molar refractivity (Wildman–Crippen MR) is 112 cm³/mol. The molecule has 3 aromatic rings. The smallest absolute Gasteiger partial charge is 0.238 e. The van der Waals surface area contributed by atoms with E-state index in [4.69, 9.17) is 21.6 Å². The van der Waals surface area contributed by atoms with Gasteiger partial charge in [0.2, 0.25) is 5.91 Å². The Labute approximate surface area is 169 Å². The Morgan fingerprint density at radius 1 is 1.14 bits per heavy atom. The third-order valence-electron chi connectivity index (χ3n) is 4.35. The fourth-order valence-corrected chi connectivity index (χ4v) is 3.19. The maximum absolute atomic E-state index is 12.4. The van der Waals surface area contributed by atoms with Crippen molar-refractivity contribution in [1.29, 1.82) is 5.26 Å². The van der Waals surface area contributed by atoms with Gasteiger partial charge in [-0.1, -0.05) is 29.8 Å². The molecule has 3 aromatic carbocycles. The number of ether oxygens (including phenoxy) is 1. The van der Waals surface area contributed by atoms with E-state index >= 15 is 0 Å². The number of nitrogens with one attached hydrogen (secondary N) is 1. The molecule has 1 N–H and O–H groups in total. The highest BCUT2D eigenvalue weighted by Gasteiger charge is 2.11. The molecule has 0 aliphatic rings. The zero-order chi connectivity index (χ0) is 20.1. The van der Waals surface area contributed by atoms with Gasteiger partial charge in [0, 0.05) is 11.6 Å². The van der Waals surface area contributed by atoms with Gasteiger partial charge in [0.05, 0.1) is 24.9 Å². The van der Waals surface area contributed by atoms with Crippen molar-refractivity contribution >= 4 is 34.0 Å². The minimum absolute atomic E-state index is 0.192. The van der Waals surface area contributed by atoms with E-state index in [2.05, 4.69) is 17.5 Å². The minimum atomic E-state index is -0.202. The average Bonchev–Trinajstić information content (AvgIpc) is 2.67. The molecule has 0 atom stereocenters. The van der Waals surface area contributed by atoms with Crippen molar-refractivity contribution < 1.29 is 9.53 Å².